The largest absolute Gasteiger partial charge is 0.383 e. The fourth-order valence-corrected chi connectivity index (χ4v) is 4.41. The van der Waals surface area contributed by atoms with Gasteiger partial charge in [-0.15, -0.1) is 0 Å². The summed E-state index contributed by atoms with van der Waals surface area (Å²) >= 11 is 0. The molecule has 1 aromatic rings. The zero-order valence-corrected chi connectivity index (χ0v) is 15.9. The van der Waals surface area contributed by atoms with Crippen LogP contribution in [0.4, 0.5) is 0 Å². The Balaban J connectivity index is 2.02. The molecule has 1 fully saturated rings. The van der Waals surface area contributed by atoms with E-state index in [9.17, 15) is 13.2 Å². The summed E-state index contributed by atoms with van der Waals surface area (Å²) in [6.45, 7) is 4.18. The van der Waals surface area contributed by atoms with Gasteiger partial charge >= 0.3 is 0 Å². The third-order valence-corrected chi connectivity index (χ3v) is 6.23. The molecule has 0 aliphatic heterocycles. The Morgan fingerprint density at radius 1 is 1.24 bits per heavy atom. The molecule has 3 atom stereocenters. The highest BCUT2D eigenvalue weighted by molar-refractivity contribution is 7.89. The van der Waals surface area contributed by atoms with Crippen LogP contribution in [0.15, 0.2) is 29.2 Å². The van der Waals surface area contributed by atoms with Crippen LogP contribution >= 0.6 is 0 Å². The summed E-state index contributed by atoms with van der Waals surface area (Å²) in [5, 5.41) is 3.07. The van der Waals surface area contributed by atoms with Crippen molar-refractivity contribution in [1.29, 1.82) is 0 Å². The second-order valence-corrected chi connectivity index (χ2v) is 8.56. The second kappa shape index (κ2) is 8.78. The number of rotatable bonds is 7. The maximum absolute atomic E-state index is 12.4. The summed E-state index contributed by atoms with van der Waals surface area (Å²) in [7, 11) is -2.10. The number of carbonyl (C=O) groups excluding carboxylic acids is 1. The topological polar surface area (TPSA) is 84.5 Å². The summed E-state index contributed by atoms with van der Waals surface area (Å²) in [6, 6.07) is 5.89. The summed E-state index contributed by atoms with van der Waals surface area (Å²) in [6.07, 6.45) is 4.49. The van der Waals surface area contributed by atoms with Gasteiger partial charge in [0.05, 0.1) is 11.5 Å². The van der Waals surface area contributed by atoms with Crippen LogP contribution in [0.3, 0.4) is 0 Å². The molecule has 0 heterocycles. The van der Waals surface area contributed by atoms with Crippen LogP contribution in [0.2, 0.25) is 0 Å². The molecule has 140 valence electrons. The van der Waals surface area contributed by atoms with Crippen LogP contribution < -0.4 is 10.0 Å². The van der Waals surface area contributed by atoms with Gasteiger partial charge in [0.2, 0.25) is 10.0 Å². The predicted molar refractivity (Wildman–Crippen MR) is 97.0 cm³/mol. The number of methoxy groups -OCH3 is 1. The molecule has 1 aliphatic rings. The van der Waals surface area contributed by atoms with E-state index in [1.54, 1.807) is 19.1 Å². The van der Waals surface area contributed by atoms with E-state index in [4.69, 9.17) is 4.74 Å². The van der Waals surface area contributed by atoms with Gasteiger partial charge in [-0.1, -0.05) is 19.8 Å². The molecule has 2 N–H and O–H groups in total. The Morgan fingerprint density at radius 3 is 2.48 bits per heavy atom. The molecule has 2 rings (SSSR count). The fraction of sp³-hybridized carbons (Fsp3) is 0.611. The molecule has 7 heteroatoms. The van der Waals surface area contributed by atoms with Crippen molar-refractivity contribution >= 4 is 15.9 Å². The summed E-state index contributed by atoms with van der Waals surface area (Å²) in [5.41, 5.74) is 0.474. The molecule has 25 heavy (non-hydrogen) atoms. The minimum absolute atomic E-state index is 0.137. The van der Waals surface area contributed by atoms with E-state index in [0.717, 1.165) is 19.3 Å². The lowest BCUT2D eigenvalue weighted by molar-refractivity contribution is 0.0910. The quantitative estimate of drug-likeness (QED) is 0.773. The third-order valence-electron chi connectivity index (χ3n) is 4.63. The number of nitrogens with one attached hydrogen (secondary N) is 2. The first-order valence-corrected chi connectivity index (χ1v) is 10.2. The van der Waals surface area contributed by atoms with E-state index >= 15 is 0 Å². The fourth-order valence-electron chi connectivity index (χ4n) is 3.18. The van der Waals surface area contributed by atoms with E-state index in [1.807, 2.05) is 0 Å². The number of sulfonamides is 1. The van der Waals surface area contributed by atoms with E-state index in [0.29, 0.717) is 18.1 Å². The number of amides is 1. The van der Waals surface area contributed by atoms with Gasteiger partial charge in [-0.2, -0.15) is 0 Å². The van der Waals surface area contributed by atoms with Gasteiger partial charge in [0, 0.05) is 24.8 Å². The minimum Gasteiger partial charge on any atom is -0.383 e. The van der Waals surface area contributed by atoms with Gasteiger partial charge in [-0.05, 0) is 49.9 Å². The van der Waals surface area contributed by atoms with Crippen molar-refractivity contribution in [1.82, 2.24) is 10.0 Å². The van der Waals surface area contributed by atoms with Crippen molar-refractivity contribution in [2.45, 2.75) is 56.5 Å². The van der Waals surface area contributed by atoms with Crippen LogP contribution in [-0.4, -0.2) is 40.1 Å². The molecule has 1 amide bonds. The van der Waals surface area contributed by atoms with Crippen LogP contribution in [0, 0.1) is 5.92 Å². The van der Waals surface area contributed by atoms with Crippen LogP contribution in [0.25, 0.3) is 0 Å². The molecule has 1 aromatic carbocycles. The van der Waals surface area contributed by atoms with Crippen molar-refractivity contribution < 1.29 is 17.9 Å². The Morgan fingerprint density at radius 2 is 1.88 bits per heavy atom. The molecular formula is C18H28N2O4S. The second-order valence-electron chi connectivity index (χ2n) is 6.84. The van der Waals surface area contributed by atoms with Crippen LogP contribution in [-0.2, 0) is 14.8 Å². The smallest absolute Gasteiger partial charge is 0.251 e. The lowest BCUT2D eigenvalue weighted by atomic mass is 9.86. The first kappa shape index (κ1) is 19.9. The molecule has 0 unspecified atom stereocenters. The highest BCUT2D eigenvalue weighted by atomic mass is 32.2. The van der Waals surface area contributed by atoms with Crippen molar-refractivity contribution in [3.8, 4) is 0 Å². The molecule has 1 aliphatic carbocycles. The maximum atomic E-state index is 12.4. The molecule has 0 radical (unpaired) electrons. The molecule has 6 nitrogen and oxygen atoms in total. The summed E-state index contributed by atoms with van der Waals surface area (Å²) < 4.78 is 32.1. The summed E-state index contributed by atoms with van der Waals surface area (Å²) in [5.74, 6) is 0.326. The average Bonchev–Trinajstić information content (AvgIpc) is 2.57. The van der Waals surface area contributed by atoms with E-state index < -0.39 is 10.0 Å². The van der Waals surface area contributed by atoms with Crippen LogP contribution in [0.5, 0.6) is 0 Å². The van der Waals surface area contributed by atoms with E-state index in [2.05, 4.69) is 17.0 Å². The molecular weight excluding hydrogens is 340 g/mol. The zero-order chi connectivity index (χ0) is 18.4. The summed E-state index contributed by atoms with van der Waals surface area (Å²) in [4.78, 5) is 12.5. The average molecular weight is 368 g/mol. The Labute approximate surface area is 150 Å². The molecule has 1 saturated carbocycles. The highest BCUT2D eigenvalue weighted by Crippen LogP contribution is 2.24. The Bertz CT molecular complexity index is 673. The lowest BCUT2D eigenvalue weighted by Gasteiger charge is -2.29. The van der Waals surface area contributed by atoms with Crippen molar-refractivity contribution in [2.75, 3.05) is 13.7 Å². The number of ether oxygens (including phenoxy) is 1. The Kier molecular flexibility index (Phi) is 6.98. The van der Waals surface area contributed by atoms with Crippen molar-refractivity contribution in [2.24, 2.45) is 5.92 Å². The normalized spacial score (nSPS) is 22.4. The highest BCUT2D eigenvalue weighted by Gasteiger charge is 2.23. The number of hydrogen-bond acceptors (Lipinski definition) is 4. The third kappa shape index (κ3) is 5.52. The molecule has 0 spiro atoms. The van der Waals surface area contributed by atoms with Crippen LogP contribution in [0.1, 0.15) is 49.9 Å². The zero-order valence-electron chi connectivity index (χ0n) is 15.1. The lowest BCUT2D eigenvalue weighted by Crippen LogP contribution is -2.41. The molecule has 0 saturated heterocycles. The van der Waals surface area contributed by atoms with Gasteiger partial charge in [0.1, 0.15) is 0 Å². The maximum Gasteiger partial charge on any atom is 0.251 e. The first-order valence-electron chi connectivity index (χ1n) is 8.75. The minimum atomic E-state index is -3.62. The number of hydrogen-bond donors (Lipinski definition) is 2. The van der Waals surface area contributed by atoms with Gasteiger partial charge in [0.25, 0.3) is 5.91 Å². The predicted octanol–water partition coefficient (Wildman–Crippen LogP) is 2.31. The number of carbonyl (C=O) groups is 1. The van der Waals surface area contributed by atoms with E-state index in [-0.39, 0.29) is 22.9 Å². The standard InChI is InChI=1S/C18H28N2O4S/c1-13-6-4-5-7-17(13)19-18(21)15-8-10-16(11-9-15)25(22,23)20-14(2)12-24-3/h8-11,13-14,17,20H,4-7,12H2,1-3H3,(H,19,21)/t13-,14+,17+/m1/s1. The number of benzene rings is 1. The van der Waals surface area contributed by atoms with E-state index in [1.165, 1.54) is 25.7 Å². The van der Waals surface area contributed by atoms with Gasteiger partial charge in [0.15, 0.2) is 0 Å². The van der Waals surface area contributed by atoms with Gasteiger partial charge in [-0.25, -0.2) is 13.1 Å². The van der Waals surface area contributed by atoms with Gasteiger partial charge < -0.3 is 10.1 Å². The molecule has 0 bridgehead atoms. The van der Waals surface area contributed by atoms with Gasteiger partial charge in [-0.3, -0.25) is 4.79 Å². The molecule has 0 aromatic heterocycles. The van der Waals surface area contributed by atoms with Crippen molar-refractivity contribution in [3.05, 3.63) is 29.8 Å². The SMILES string of the molecule is COC[C@H](C)NS(=O)(=O)c1ccc(C(=O)N[C@H]2CCCC[C@H]2C)cc1. The van der Waals surface area contributed by atoms with Crippen molar-refractivity contribution in [3.63, 3.8) is 0 Å². The Hall–Kier alpha value is -1.44. The first-order chi connectivity index (χ1) is 11.8. The monoisotopic (exact) mass is 368 g/mol.